The Bertz CT molecular complexity index is 630. The van der Waals surface area contributed by atoms with Crippen LogP contribution in [0.2, 0.25) is 0 Å². The van der Waals surface area contributed by atoms with E-state index < -0.39 is 0 Å². The maximum absolute atomic E-state index is 11.6. The fourth-order valence-electron chi connectivity index (χ4n) is 1.72. The summed E-state index contributed by atoms with van der Waals surface area (Å²) in [5.74, 6) is 1.12. The number of ether oxygens (including phenoxy) is 2. The first kappa shape index (κ1) is 15.8. The van der Waals surface area contributed by atoms with Gasteiger partial charge in [-0.3, -0.25) is 10.1 Å². The zero-order chi connectivity index (χ0) is 15.8. The van der Waals surface area contributed by atoms with Gasteiger partial charge in [-0.2, -0.15) is 0 Å². The van der Waals surface area contributed by atoms with Gasteiger partial charge in [0.1, 0.15) is 24.7 Å². The maximum Gasteiger partial charge on any atom is 0.257 e. The van der Waals surface area contributed by atoms with Gasteiger partial charge in [-0.15, -0.1) is 0 Å². The number of carbonyl (C=O) groups excluding carboxylic acids is 1. The first-order chi connectivity index (χ1) is 10.6. The number of nitrogens with two attached hydrogens (primary N) is 1. The molecule has 0 fully saturated rings. The average molecular weight is 316 g/mol. The fourth-order valence-corrected chi connectivity index (χ4v) is 1.82. The zero-order valence-corrected chi connectivity index (χ0v) is 12.6. The fraction of sp³-hybridized carbons (Fsp3) is 0.125. The number of hydrogen-bond acceptors (Lipinski definition) is 4. The molecule has 0 aromatic heterocycles. The highest BCUT2D eigenvalue weighted by Crippen LogP contribution is 2.13. The number of carbonyl (C=O) groups is 1. The van der Waals surface area contributed by atoms with Crippen molar-refractivity contribution in [1.29, 1.82) is 0 Å². The largest absolute Gasteiger partial charge is 0.490 e. The predicted octanol–water partition coefficient (Wildman–Crippen LogP) is 2.12. The highest BCUT2D eigenvalue weighted by Gasteiger charge is 2.05. The highest BCUT2D eigenvalue weighted by atomic mass is 32.1. The summed E-state index contributed by atoms with van der Waals surface area (Å²) in [4.78, 5) is 11.6. The number of hydrogen-bond donors (Lipinski definition) is 2. The normalized spacial score (nSPS) is 9.82. The second kappa shape index (κ2) is 7.99. The van der Waals surface area contributed by atoms with Gasteiger partial charge in [0.05, 0.1) is 0 Å². The Kier molecular flexibility index (Phi) is 5.73. The van der Waals surface area contributed by atoms with Crippen LogP contribution in [-0.2, 0) is 0 Å². The van der Waals surface area contributed by atoms with Gasteiger partial charge in [-0.25, -0.2) is 0 Å². The molecule has 0 saturated heterocycles. The third-order valence-corrected chi connectivity index (χ3v) is 2.82. The summed E-state index contributed by atoms with van der Waals surface area (Å²) >= 11 is 4.62. The first-order valence-electron chi connectivity index (χ1n) is 6.66. The van der Waals surface area contributed by atoms with Crippen LogP contribution < -0.4 is 20.5 Å². The topological polar surface area (TPSA) is 73.6 Å². The summed E-state index contributed by atoms with van der Waals surface area (Å²) in [6.45, 7) is 0.848. The van der Waals surface area contributed by atoms with E-state index in [9.17, 15) is 4.79 Å². The molecule has 2 rings (SSSR count). The van der Waals surface area contributed by atoms with Crippen LogP contribution >= 0.6 is 12.2 Å². The Labute approximate surface area is 134 Å². The van der Waals surface area contributed by atoms with E-state index in [1.54, 1.807) is 24.3 Å². The quantitative estimate of drug-likeness (QED) is 0.631. The molecule has 0 aliphatic rings. The number of benzene rings is 2. The predicted molar refractivity (Wildman–Crippen MR) is 88.1 cm³/mol. The molecule has 0 unspecified atom stereocenters. The van der Waals surface area contributed by atoms with Crippen LogP contribution in [0.5, 0.6) is 11.5 Å². The summed E-state index contributed by atoms with van der Waals surface area (Å²) in [6, 6.07) is 16.2. The molecule has 0 aliphatic heterocycles. The summed E-state index contributed by atoms with van der Waals surface area (Å²) < 4.78 is 11.1. The van der Waals surface area contributed by atoms with Crippen molar-refractivity contribution < 1.29 is 14.3 Å². The van der Waals surface area contributed by atoms with E-state index in [0.717, 1.165) is 5.75 Å². The van der Waals surface area contributed by atoms with Crippen molar-refractivity contribution in [3.05, 3.63) is 60.2 Å². The summed E-state index contributed by atoms with van der Waals surface area (Å²) in [5, 5.41) is 2.31. The van der Waals surface area contributed by atoms with Crippen LogP contribution in [0.1, 0.15) is 10.4 Å². The molecule has 0 saturated carbocycles. The Morgan fingerprint density at radius 1 is 0.955 bits per heavy atom. The van der Waals surface area contributed by atoms with Crippen molar-refractivity contribution in [2.75, 3.05) is 13.2 Å². The SMILES string of the molecule is NC(=S)NC(=O)c1ccc(OCCOc2ccccc2)cc1. The molecule has 0 aliphatic carbocycles. The average Bonchev–Trinajstić information content (AvgIpc) is 2.52. The molecule has 114 valence electrons. The van der Waals surface area contributed by atoms with E-state index in [4.69, 9.17) is 15.2 Å². The molecule has 0 radical (unpaired) electrons. The van der Waals surface area contributed by atoms with E-state index >= 15 is 0 Å². The van der Waals surface area contributed by atoms with Gasteiger partial charge in [-0.05, 0) is 48.6 Å². The van der Waals surface area contributed by atoms with Crippen molar-refractivity contribution in [3.8, 4) is 11.5 Å². The Morgan fingerprint density at radius 3 is 2.05 bits per heavy atom. The van der Waals surface area contributed by atoms with Crippen LogP contribution in [-0.4, -0.2) is 24.2 Å². The van der Waals surface area contributed by atoms with Gasteiger partial charge in [0.25, 0.3) is 5.91 Å². The zero-order valence-electron chi connectivity index (χ0n) is 11.8. The third-order valence-electron chi connectivity index (χ3n) is 2.72. The molecule has 5 nitrogen and oxygen atoms in total. The standard InChI is InChI=1S/C16H16N2O3S/c17-16(22)18-15(19)12-6-8-14(9-7-12)21-11-10-20-13-4-2-1-3-5-13/h1-9H,10-11H2,(H3,17,18,19,22). The van der Waals surface area contributed by atoms with Gasteiger partial charge < -0.3 is 15.2 Å². The molecular formula is C16H16N2O3S. The van der Waals surface area contributed by atoms with Crippen molar-refractivity contribution in [2.24, 2.45) is 5.73 Å². The van der Waals surface area contributed by atoms with E-state index in [1.165, 1.54) is 0 Å². The van der Waals surface area contributed by atoms with Gasteiger partial charge in [0.15, 0.2) is 5.11 Å². The van der Waals surface area contributed by atoms with Crippen LogP contribution in [0, 0.1) is 0 Å². The molecule has 2 aromatic carbocycles. The summed E-state index contributed by atoms with van der Waals surface area (Å²) in [6.07, 6.45) is 0. The number of amides is 1. The number of rotatable bonds is 6. The lowest BCUT2D eigenvalue weighted by molar-refractivity contribution is 0.0977. The summed E-state index contributed by atoms with van der Waals surface area (Å²) in [7, 11) is 0. The lowest BCUT2D eigenvalue weighted by Crippen LogP contribution is -2.34. The lowest BCUT2D eigenvalue weighted by atomic mass is 10.2. The van der Waals surface area contributed by atoms with Crippen LogP contribution in [0.15, 0.2) is 54.6 Å². The Morgan fingerprint density at radius 2 is 1.50 bits per heavy atom. The molecule has 1 amide bonds. The van der Waals surface area contributed by atoms with E-state index in [0.29, 0.717) is 24.5 Å². The second-order valence-corrected chi connectivity index (χ2v) is 4.79. The van der Waals surface area contributed by atoms with Gasteiger partial charge in [0, 0.05) is 5.56 Å². The van der Waals surface area contributed by atoms with Crippen molar-refractivity contribution in [3.63, 3.8) is 0 Å². The van der Waals surface area contributed by atoms with Crippen molar-refractivity contribution in [1.82, 2.24) is 5.32 Å². The smallest absolute Gasteiger partial charge is 0.257 e. The molecule has 2 aromatic rings. The molecule has 3 N–H and O–H groups in total. The van der Waals surface area contributed by atoms with E-state index in [-0.39, 0.29) is 11.0 Å². The monoisotopic (exact) mass is 316 g/mol. The van der Waals surface area contributed by atoms with Crippen LogP contribution in [0.4, 0.5) is 0 Å². The van der Waals surface area contributed by atoms with Crippen LogP contribution in [0.25, 0.3) is 0 Å². The molecule has 22 heavy (non-hydrogen) atoms. The molecular weight excluding hydrogens is 300 g/mol. The minimum atomic E-state index is -0.341. The van der Waals surface area contributed by atoms with E-state index in [1.807, 2.05) is 30.3 Å². The number of thiocarbonyl (C=S) groups is 1. The molecule has 0 bridgehead atoms. The summed E-state index contributed by atoms with van der Waals surface area (Å²) in [5.41, 5.74) is 5.71. The van der Waals surface area contributed by atoms with Crippen molar-refractivity contribution >= 4 is 23.2 Å². The van der Waals surface area contributed by atoms with Gasteiger partial charge in [-0.1, -0.05) is 18.2 Å². The molecule has 0 spiro atoms. The number of para-hydroxylation sites is 1. The molecule has 6 heteroatoms. The third kappa shape index (κ3) is 5.06. The van der Waals surface area contributed by atoms with Gasteiger partial charge >= 0.3 is 0 Å². The van der Waals surface area contributed by atoms with Gasteiger partial charge in [0.2, 0.25) is 0 Å². The Balaban J connectivity index is 1.77. The first-order valence-corrected chi connectivity index (χ1v) is 7.07. The molecule has 0 heterocycles. The maximum atomic E-state index is 11.6. The number of nitrogens with one attached hydrogen (secondary N) is 1. The molecule has 0 atom stereocenters. The van der Waals surface area contributed by atoms with E-state index in [2.05, 4.69) is 17.5 Å². The highest BCUT2D eigenvalue weighted by molar-refractivity contribution is 7.80. The Hall–Kier alpha value is -2.60. The lowest BCUT2D eigenvalue weighted by Gasteiger charge is -2.09. The second-order valence-electron chi connectivity index (χ2n) is 4.35. The van der Waals surface area contributed by atoms with Crippen molar-refractivity contribution in [2.45, 2.75) is 0 Å². The minimum Gasteiger partial charge on any atom is -0.490 e. The minimum absolute atomic E-state index is 0.0524. The van der Waals surface area contributed by atoms with Crippen LogP contribution in [0.3, 0.4) is 0 Å².